The van der Waals surface area contributed by atoms with E-state index in [1.54, 1.807) is 0 Å². The van der Waals surface area contributed by atoms with Crippen molar-refractivity contribution >= 4 is 21.6 Å². The lowest BCUT2D eigenvalue weighted by atomic mass is 9.87. The molecule has 0 N–H and O–H groups in total. The average molecular weight is 281 g/mol. The molecule has 1 saturated heterocycles. The fourth-order valence-corrected chi connectivity index (χ4v) is 2.43. The summed E-state index contributed by atoms with van der Waals surface area (Å²) in [5, 5.41) is 9.13. The van der Waals surface area contributed by atoms with Crippen LogP contribution < -0.4 is 4.90 Å². The Labute approximate surface area is 104 Å². The van der Waals surface area contributed by atoms with Crippen LogP contribution in [0.2, 0.25) is 0 Å². The van der Waals surface area contributed by atoms with Gasteiger partial charge < -0.3 is 9.64 Å². The fraction of sp³-hybridized carbons (Fsp3) is 0.417. The first-order chi connectivity index (χ1) is 7.67. The molecule has 1 fully saturated rings. The van der Waals surface area contributed by atoms with E-state index in [-0.39, 0.29) is 5.41 Å². The Morgan fingerprint density at radius 2 is 2.19 bits per heavy atom. The first kappa shape index (κ1) is 11.4. The molecule has 0 aliphatic carbocycles. The SMILES string of the molecule is CN(CC1(C#N)COC1)c1ccccc1Br. The predicted octanol–water partition coefficient (Wildman–Crippen LogP) is 2.43. The van der Waals surface area contributed by atoms with E-state index in [1.165, 1.54) is 0 Å². The molecule has 0 atom stereocenters. The van der Waals surface area contributed by atoms with Crippen LogP contribution >= 0.6 is 15.9 Å². The van der Waals surface area contributed by atoms with E-state index in [1.807, 2.05) is 31.3 Å². The number of ether oxygens (including phenoxy) is 1. The molecule has 4 heteroatoms. The quantitative estimate of drug-likeness (QED) is 0.853. The highest BCUT2D eigenvalue weighted by molar-refractivity contribution is 9.10. The Hall–Kier alpha value is -1.05. The Bertz CT molecular complexity index is 423. The van der Waals surface area contributed by atoms with E-state index in [4.69, 9.17) is 10.00 Å². The molecular formula is C12H13BrN2O. The summed E-state index contributed by atoms with van der Waals surface area (Å²) in [4.78, 5) is 2.09. The maximum absolute atomic E-state index is 9.13. The maximum Gasteiger partial charge on any atom is 0.121 e. The summed E-state index contributed by atoms with van der Waals surface area (Å²) in [6.45, 7) is 1.78. The molecule has 1 aliphatic heterocycles. The van der Waals surface area contributed by atoms with Gasteiger partial charge in [-0.3, -0.25) is 0 Å². The summed E-state index contributed by atoms with van der Waals surface area (Å²) >= 11 is 3.51. The number of hydrogen-bond acceptors (Lipinski definition) is 3. The minimum atomic E-state index is -0.329. The molecule has 3 nitrogen and oxygen atoms in total. The molecule has 0 radical (unpaired) electrons. The second-order valence-electron chi connectivity index (χ2n) is 4.19. The normalized spacial score (nSPS) is 17.3. The number of rotatable bonds is 3. The van der Waals surface area contributed by atoms with Crippen LogP contribution in [0.15, 0.2) is 28.7 Å². The fourth-order valence-electron chi connectivity index (χ4n) is 1.84. The van der Waals surface area contributed by atoms with Crippen molar-refractivity contribution in [2.24, 2.45) is 5.41 Å². The molecule has 1 aromatic carbocycles. The largest absolute Gasteiger partial charge is 0.378 e. The van der Waals surface area contributed by atoms with Crippen LogP contribution in [0.1, 0.15) is 0 Å². The summed E-state index contributed by atoms with van der Waals surface area (Å²) in [5.74, 6) is 0. The van der Waals surface area contributed by atoms with Crippen molar-refractivity contribution in [2.45, 2.75) is 0 Å². The molecule has 16 heavy (non-hydrogen) atoms. The monoisotopic (exact) mass is 280 g/mol. The molecule has 1 aliphatic rings. The van der Waals surface area contributed by atoms with Gasteiger partial charge in [0.15, 0.2) is 0 Å². The third-order valence-electron chi connectivity index (χ3n) is 2.80. The lowest BCUT2D eigenvalue weighted by molar-refractivity contribution is -0.0716. The van der Waals surface area contributed by atoms with Crippen molar-refractivity contribution < 1.29 is 4.74 Å². The van der Waals surface area contributed by atoms with Gasteiger partial charge in [0.05, 0.1) is 25.0 Å². The summed E-state index contributed by atoms with van der Waals surface area (Å²) in [6.07, 6.45) is 0. The summed E-state index contributed by atoms with van der Waals surface area (Å²) in [5.41, 5.74) is 0.772. The van der Waals surface area contributed by atoms with Gasteiger partial charge in [-0.05, 0) is 28.1 Å². The minimum Gasteiger partial charge on any atom is -0.378 e. The van der Waals surface area contributed by atoms with Gasteiger partial charge in [-0.25, -0.2) is 0 Å². The zero-order chi connectivity index (χ0) is 11.6. The van der Waals surface area contributed by atoms with Crippen LogP contribution in [0, 0.1) is 16.7 Å². The Morgan fingerprint density at radius 1 is 1.50 bits per heavy atom. The van der Waals surface area contributed by atoms with Gasteiger partial charge in [-0.1, -0.05) is 12.1 Å². The van der Waals surface area contributed by atoms with Gasteiger partial charge in [-0.15, -0.1) is 0 Å². The lowest BCUT2D eigenvalue weighted by Gasteiger charge is -2.38. The number of benzene rings is 1. The van der Waals surface area contributed by atoms with Gasteiger partial charge in [-0.2, -0.15) is 5.26 Å². The van der Waals surface area contributed by atoms with E-state index >= 15 is 0 Å². The van der Waals surface area contributed by atoms with Crippen LogP contribution in [-0.2, 0) is 4.74 Å². The van der Waals surface area contributed by atoms with E-state index in [9.17, 15) is 0 Å². The smallest absolute Gasteiger partial charge is 0.121 e. The van der Waals surface area contributed by atoms with Gasteiger partial charge in [0, 0.05) is 18.1 Å². The Kier molecular flexibility index (Phi) is 3.17. The van der Waals surface area contributed by atoms with Crippen LogP contribution in [0.4, 0.5) is 5.69 Å². The van der Waals surface area contributed by atoms with Gasteiger partial charge in [0.2, 0.25) is 0 Å². The number of nitriles is 1. The molecule has 1 aromatic rings. The van der Waals surface area contributed by atoms with Crippen molar-refractivity contribution in [1.29, 1.82) is 5.26 Å². The molecular weight excluding hydrogens is 268 g/mol. The zero-order valence-corrected chi connectivity index (χ0v) is 10.7. The van der Waals surface area contributed by atoms with Crippen LogP contribution in [0.25, 0.3) is 0 Å². The Balaban J connectivity index is 2.12. The minimum absolute atomic E-state index is 0.329. The third kappa shape index (κ3) is 2.06. The number of halogens is 1. The van der Waals surface area contributed by atoms with Crippen LogP contribution in [-0.4, -0.2) is 26.8 Å². The summed E-state index contributed by atoms with van der Waals surface area (Å²) in [7, 11) is 2.00. The summed E-state index contributed by atoms with van der Waals surface area (Å²) in [6, 6.07) is 10.4. The second-order valence-corrected chi connectivity index (χ2v) is 5.05. The topological polar surface area (TPSA) is 36.3 Å². The number of para-hydroxylation sites is 1. The highest BCUT2D eigenvalue weighted by Crippen LogP contribution is 2.31. The Morgan fingerprint density at radius 3 is 2.69 bits per heavy atom. The molecule has 84 valence electrons. The van der Waals surface area contributed by atoms with Crippen LogP contribution in [0.3, 0.4) is 0 Å². The molecule has 1 heterocycles. The van der Waals surface area contributed by atoms with Crippen molar-refractivity contribution in [1.82, 2.24) is 0 Å². The molecule has 0 aromatic heterocycles. The first-order valence-electron chi connectivity index (χ1n) is 5.11. The van der Waals surface area contributed by atoms with Crippen LogP contribution in [0.5, 0.6) is 0 Å². The molecule has 2 rings (SSSR count). The van der Waals surface area contributed by atoms with Crippen molar-refractivity contribution in [2.75, 3.05) is 31.7 Å². The highest BCUT2D eigenvalue weighted by Gasteiger charge is 2.40. The highest BCUT2D eigenvalue weighted by atomic mass is 79.9. The van der Waals surface area contributed by atoms with Gasteiger partial charge in [0.1, 0.15) is 5.41 Å². The van der Waals surface area contributed by atoms with Crippen molar-refractivity contribution in [3.63, 3.8) is 0 Å². The average Bonchev–Trinajstić information content (AvgIpc) is 2.24. The maximum atomic E-state index is 9.13. The van der Waals surface area contributed by atoms with Gasteiger partial charge in [0.25, 0.3) is 0 Å². The first-order valence-corrected chi connectivity index (χ1v) is 5.91. The van der Waals surface area contributed by atoms with E-state index in [0.717, 1.165) is 10.2 Å². The molecule has 0 unspecified atom stereocenters. The number of anilines is 1. The predicted molar refractivity (Wildman–Crippen MR) is 66.3 cm³/mol. The zero-order valence-electron chi connectivity index (χ0n) is 9.11. The van der Waals surface area contributed by atoms with Crippen molar-refractivity contribution in [3.05, 3.63) is 28.7 Å². The lowest BCUT2D eigenvalue weighted by Crippen LogP contribution is -2.49. The van der Waals surface area contributed by atoms with Crippen molar-refractivity contribution in [3.8, 4) is 6.07 Å². The molecule has 0 spiro atoms. The van der Waals surface area contributed by atoms with Gasteiger partial charge >= 0.3 is 0 Å². The molecule has 0 saturated carbocycles. The molecule has 0 bridgehead atoms. The van der Waals surface area contributed by atoms with E-state index in [0.29, 0.717) is 19.8 Å². The second kappa shape index (κ2) is 4.44. The third-order valence-corrected chi connectivity index (χ3v) is 3.47. The van der Waals surface area contributed by atoms with E-state index < -0.39 is 0 Å². The molecule has 0 amide bonds. The number of hydrogen-bond donors (Lipinski definition) is 0. The van der Waals surface area contributed by atoms with E-state index in [2.05, 4.69) is 26.9 Å². The summed E-state index contributed by atoms with van der Waals surface area (Å²) < 4.78 is 6.18. The number of nitrogens with zero attached hydrogens (tertiary/aromatic N) is 2. The standard InChI is InChI=1S/C12H13BrN2O/c1-15(7-12(6-14)8-16-9-12)11-5-3-2-4-10(11)13/h2-5H,7-9H2,1H3.